The van der Waals surface area contributed by atoms with Crippen LogP contribution in [0, 0.1) is 0 Å². The number of nitrogens with zero attached hydrogens (tertiary/aromatic N) is 2. The number of aryl methyl sites for hydroxylation is 1. The highest BCUT2D eigenvalue weighted by atomic mass is 19.4. The van der Waals surface area contributed by atoms with Gasteiger partial charge in [-0.1, -0.05) is 19.1 Å². The molecule has 0 aliphatic carbocycles. The molecule has 2 aromatic rings. The second kappa shape index (κ2) is 5.44. The topological polar surface area (TPSA) is 43.8 Å². The van der Waals surface area contributed by atoms with E-state index in [-0.39, 0.29) is 0 Å². The van der Waals surface area contributed by atoms with Crippen LogP contribution < -0.4 is 5.73 Å². The molecule has 0 aliphatic heterocycles. The van der Waals surface area contributed by atoms with Crippen LogP contribution in [0.1, 0.15) is 32.1 Å². The van der Waals surface area contributed by atoms with Gasteiger partial charge in [0.2, 0.25) is 0 Å². The van der Waals surface area contributed by atoms with Crippen molar-refractivity contribution in [2.45, 2.75) is 44.9 Å². The van der Waals surface area contributed by atoms with Crippen LogP contribution in [-0.2, 0) is 6.42 Å². The zero-order valence-corrected chi connectivity index (χ0v) is 11.5. The minimum Gasteiger partial charge on any atom is -0.326 e. The standard InChI is InChI=1S/C14H18F3N3/c1-3-6-12-19-10-7-4-5-8-11(10)20(12)13(9(2)18)14(15,16)17/h4-5,7-9,13H,3,6,18H2,1-2H3. The molecule has 0 radical (unpaired) electrons. The maximum atomic E-state index is 13.4. The van der Waals surface area contributed by atoms with Gasteiger partial charge in [-0.05, 0) is 25.5 Å². The van der Waals surface area contributed by atoms with Crippen LogP contribution >= 0.6 is 0 Å². The summed E-state index contributed by atoms with van der Waals surface area (Å²) in [7, 11) is 0. The number of alkyl halides is 3. The predicted octanol–water partition coefficient (Wildman–Crippen LogP) is 3.44. The van der Waals surface area contributed by atoms with E-state index in [2.05, 4.69) is 4.98 Å². The normalized spacial score (nSPS) is 15.5. The van der Waals surface area contributed by atoms with Crippen molar-refractivity contribution >= 4 is 11.0 Å². The van der Waals surface area contributed by atoms with Gasteiger partial charge in [-0.15, -0.1) is 0 Å². The van der Waals surface area contributed by atoms with Crippen LogP contribution in [0.2, 0.25) is 0 Å². The van der Waals surface area contributed by atoms with Gasteiger partial charge in [0.1, 0.15) is 11.9 Å². The van der Waals surface area contributed by atoms with Crippen molar-refractivity contribution in [1.29, 1.82) is 0 Å². The second-order valence-electron chi connectivity index (χ2n) is 4.98. The molecule has 6 heteroatoms. The van der Waals surface area contributed by atoms with Crippen molar-refractivity contribution in [3.63, 3.8) is 0 Å². The van der Waals surface area contributed by atoms with Gasteiger partial charge in [-0.2, -0.15) is 13.2 Å². The van der Waals surface area contributed by atoms with Gasteiger partial charge >= 0.3 is 6.18 Å². The van der Waals surface area contributed by atoms with E-state index in [1.54, 1.807) is 24.3 Å². The third-order valence-corrected chi connectivity index (χ3v) is 3.25. The minimum absolute atomic E-state index is 0.438. The number of hydrogen-bond donors (Lipinski definition) is 1. The van der Waals surface area contributed by atoms with E-state index in [1.165, 1.54) is 11.5 Å². The third-order valence-electron chi connectivity index (χ3n) is 3.25. The number of aromatic nitrogens is 2. The minimum atomic E-state index is -4.40. The second-order valence-corrected chi connectivity index (χ2v) is 4.98. The van der Waals surface area contributed by atoms with E-state index in [9.17, 15) is 13.2 Å². The van der Waals surface area contributed by atoms with E-state index >= 15 is 0 Å². The van der Waals surface area contributed by atoms with Gasteiger partial charge in [-0.25, -0.2) is 4.98 Å². The first-order valence-corrected chi connectivity index (χ1v) is 6.64. The SMILES string of the molecule is CCCc1nc2ccccc2n1C(C(C)N)C(F)(F)F. The van der Waals surface area contributed by atoms with Crippen LogP contribution in [0.15, 0.2) is 24.3 Å². The number of para-hydroxylation sites is 2. The highest BCUT2D eigenvalue weighted by Gasteiger charge is 2.44. The number of halogens is 3. The average Bonchev–Trinajstić information content (AvgIpc) is 2.67. The summed E-state index contributed by atoms with van der Waals surface area (Å²) >= 11 is 0. The fourth-order valence-electron chi connectivity index (χ4n) is 2.48. The summed E-state index contributed by atoms with van der Waals surface area (Å²) < 4.78 is 41.3. The molecule has 0 saturated heterocycles. The van der Waals surface area contributed by atoms with Gasteiger partial charge in [0.25, 0.3) is 0 Å². The van der Waals surface area contributed by atoms with E-state index in [4.69, 9.17) is 5.73 Å². The average molecular weight is 285 g/mol. The first kappa shape index (κ1) is 14.8. The number of benzene rings is 1. The van der Waals surface area contributed by atoms with Gasteiger partial charge in [-0.3, -0.25) is 0 Å². The van der Waals surface area contributed by atoms with Crippen LogP contribution in [0.4, 0.5) is 13.2 Å². The van der Waals surface area contributed by atoms with Crippen molar-refractivity contribution in [3.8, 4) is 0 Å². The number of imidazole rings is 1. The fraction of sp³-hybridized carbons (Fsp3) is 0.500. The Bertz CT molecular complexity index is 587. The summed E-state index contributed by atoms with van der Waals surface area (Å²) in [6, 6.07) is 4.07. The molecular formula is C14H18F3N3. The molecule has 2 rings (SSSR count). The van der Waals surface area contributed by atoms with E-state index in [0.717, 1.165) is 6.42 Å². The molecule has 3 nitrogen and oxygen atoms in total. The number of fused-ring (bicyclic) bond motifs is 1. The van der Waals surface area contributed by atoms with Crippen LogP contribution in [-0.4, -0.2) is 21.8 Å². The molecule has 20 heavy (non-hydrogen) atoms. The van der Waals surface area contributed by atoms with Crippen molar-refractivity contribution < 1.29 is 13.2 Å². The lowest BCUT2D eigenvalue weighted by Crippen LogP contribution is -2.40. The Morgan fingerprint density at radius 2 is 1.95 bits per heavy atom. The van der Waals surface area contributed by atoms with Crippen LogP contribution in [0.25, 0.3) is 11.0 Å². The maximum absolute atomic E-state index is 13.4. The van der Waals surface area contributed by atoms with Crippen molar-refractivity contribution in [2.75, 3.05) is 0 Å². The fourth-order valence-corrected chi connectivity index (χ4v) is 2.48. The molecule has 2 unspecified atom stereocenters. The van der Waals surface area contributed by atoms with Crippen molar-refractivity contribution in [1.82, 2.24) is 9.55 Å². The molecule has 2 N–H and O–H groups in total. The number of rotatable bonds is 4. The highest BCUT2D eigenvalue weighted by Crippen LogP contribution is 2.36. The molecule has 0 aliphatic rings. The zero-order valence-electron chi connectivity index (χ0n) is 11.5. The van der Waals surface area contributed by atoms with Gasteiger partial charge in [0.05, 0.1) is 11.0 Å². The number of nitrogens with two attached hydrogens (primary N) is 1. The van der Waals surface area contributed by atoms with E-state index in [1.807, 2.05) is 6.92 Å². The Labute approximate surface area is 115 Å². The van der Waals surface area contributed by atoms with Crippen LogP contribution in [0.5, 0.6) is 0 Å². The summed E-state index contributed by atoms with van der Waals surface area (Å²) in [6.07, 6.45) is -3.18. The van der Waals surface area contributed by atoms with Crippen LogP contribution in [0.3, 0.4) is 0 Å². The largest absolute Gasteiger partial charge is 0.410 e. The van der Waals surface area contributed by atoms with Gasteiger partial charge in [0.15, 0.2) is 0 Å². The first-order chi connectivity index (χ1) is 9.36. The summed E-state index contributed by atoms with van der Waals surface area (Å²) in [5.74, 6) is 0.438. The Morgan fingerprint density at radius 3 is 2.50 bits per heavy atom. The lowest BCUT2D eigenvalue weighted by atomic mass is 10.1. The molecule has 0 fully saturated rings. The smallest absolute Gasteiger partial charge is 0.326 e. The molecule has 0 bridgehead atoms. The Kier molecular flexibility index (Phi) is 4.04. The molecule has 0 spiro atoms. The summed E-state index contributed by atoms with van der Waals surface area (Å²) in [4.78, 5) is 4.33. The molecule has 1 heterocycles. The lowest BCUT2D eigenvalue weighted by Gasteiger charge is -2.27. The molecule has 110 valence electrons. The zero-order chi connectivity index (χ0) is 14.9. The molecular weight excluding hydrogens is 267 g/mol. The Morgan fingerprint density at radius 1 is 1.30 bits per heavy atom. The highest BCUT2D eigenvalue weighted by molar-refractivity contribution is 5.76. The quantitative estimate of drug-likeness (QED) is 0.935. The summed E-state index contributed by atoms with van der Waals surface area (Å²) in [5, 5.41) is 0. The molecule has 0 amide bonds. The lowest BCUT2D eigenvalue weighted by molar-refractivity contribution is -0.171. The Balaban J connectivity index is 2.68. The van der Waals surface area contributed by atoms with Crippen molar-refractivity contribution in [2.24, 2.45) is 5.73 Å². The monoisotopic (exact) mass is 285 g/mol. The molecule has 2 atom stereocenters. The van der Waals surface area contributed by atoms with Gasteiger partial charge in [0, 0.05) is 12.5 Å². The van der Waals surface area contributed by atoms with Gasteiger partial charge < -0.3 is 10.3 Å². The molecule has 1 aromatic heterocycles. The third kappa shape index (κ3) is 2.65. The maximum Gasteiger partial charge on any atom is 0.410 e. The molecule has 1 aromatic carbocycles. The van der Waals surface area contributed by atoms with E-state index in [0.29, 0.717) is 23.3 Å². The van der Waals surface area contributed by atoms with E-state index < -0.39 is 18.3 Å². The summed E-state index contributed by atoms with van der Waals surface area (Å²) in [6.45, 7) is 3.29. The Hall–Kier alpha value is -1.56. The number of hydrogen-bond acceptors (Lipinski definition) is 2. The molecule has 0 saturated carbocycles. The van der Waals surface area contributed by atoms with Crippen molar-refractivity contribution in [3.05, 3.63) is 30.1 Å². The summed E-state index contributed by atoms with van der Waals surface area (Å²) in [5.41, 5.74) is 6.66. The predicted molar refractivity (Wildman–Crippen MR) is 72.5 cm³/mol. The first-order valence-electron chi connectivity index (χ1n) is 6.64.